The number of aliphatic carboxylic acids is 1. The molecule has 1 aliphatic rings. The van der Waals surface area contributed by atoms with Gasteiger partial charge in [-0.05, 0) is 55.4 Å². The van der Waals surface area contributed by atoms with Crippen LogP contribution in [0.1, 0.15) is 46.5 Å². The Morgan fingerprint density at radius 2 is 1.73 bits per heavy atom. The summed E-state index contributed by atoms with van der Waals surface area (Å²) < 4.78 is 12.6. The van der Waals surface area contributed by atoms with E-state index >= 15 is 0 Å². The molecule has 3 N–H and O–H groups in total. The Bertz CT molecular complexity index is 672. The van der Waals surface area contributed by atoms with Crippen LogP contribution in [-0.4, -0.2) is 54.5 Å². The van der Waals surface area contributed by atoms with Crippen LogP contribution in [0.4, 0.5) is 0 Å². The van der Waals surface area contributed by atoms with Gasteiger partial charge < -0.3 is 24.5 Å². The van der Waals surface area contributed by atoms with Crippen molar-refractivity contribution in [2.75, 3.05) is 6.61 Å². The van der Waals surface area contributed by atoms with Crippen LogP contribution < -0.4 is 4.74 Å². The monoisotopic (exact) mass is 438 g/mol. The van der Waals surface area contributed by atoms with E-state index in [1.807, 2.05) is 30.3 Å². The standard InChI is InChI=1S/C23H38O6Si/c1-23(2,3)30(4,5)29-17(15-28-16-9-7-6-8-10-16)11-12-18-19(13-22(26)27)21(25)14-20(18)24/h6-10,17-21,24-25H,11-15H2,1-5H3,(H,26,27)/t17?,18-,19-,20-,21+/m1/s1. The molecule has 1 unspecified atom stereocenters. The summed E-state index contributed by atoms with van der Waals surface area (Å²) in [5, 5.41) is 29.9. The molecule has 1 saturated carbocycles. The number of benzene rings is 1. The summed E-state index contributed by atoms with van der Waals surface area (Å²) in [7, 11) is -2.04. The molecule has 5 atom stereocenters. The summed E-state index contributed by atoms with van der Waals surface area (Å²) in [6.45, 7) is 11.4. The molecule has 0 aromatic heterocycles. The highest BCUT2D eigenvalue weighted by atomic mass is 28.4. The van der Waals surface area contributed by atoms with Crippen LogP contribution in [-0.2, 0) is 9.22 Å². The molecular formula is C23H38O6Si. The van der Waals surface area contributed by atoms with Gasteiger partial charge in [-0.3, -0.25) is 4.79 Å². The molecule has 0 saturated heterocycles. The van der Waals surface area contributed by atoms with Crippen molar-refractivity contribution in [2.45, 2.75) is 82.9 Å². The molecule has 6 nitrogen and oxygen atoms in total. The molecule has 0 amide bonds. The highest BCUT2D eigenvalue weighted by molar-refractivity contribution is 6.74. The van der Waals surface area contributed by atoms with Gasteiger partial charge in [0.15, 0.2) is 8.32 Å². The van der Waals surface area contributed by atoms with Gasteiger partial charge in [0.25, 0.3) is 0 Å². The Labute approximate surface area is 181 Å². The van der Waals surface area contributed by atoms with Gasteiger partial charge in [0, 0.05) is 5.92 Å². The van der Waals surface area contributed by atoms with Crippen molar-refractivity contribution in [3.63, 3.8) is 0 Å². The summed E-state index contributed by atoms with van der Waals surface area (Å²) in [4.78, 5) is 11.2. The molecule has 1 aliphatic carbocycles. The van der Waals surface area contributed by atoms with Gasteiger partial charge in [0.05, 0.1) is 24.7 Å². The summed E-state index contributed by atoms with van der Waals surface area (Å²) in [5.41, 5.74) is 0. The molecule has 7 heteroatoms. The number of aliphatic hydroxyl groups is 2. The van der Waals surface area contributed by atoms with Crippen LogP contribution in [0.2, 0.25) is 18.1 Å². The number of carbonyl (C=O) groups is 1. The zero-order chi connectivity index (χ0) is 22.5. The van der Waals surface area contributed by atoms with Gasteiger partial charge >= 0.3 is 5.97 Å². The maximum absolute atomic E-state index is 11.2. The number of hydrogen-bond acceptors (Lipinski definition) is 5. The number of hydrogen-bond donors (Lipinski definition) is 3. The molecular weight excluding hydrogens is 400 g/mol. The minimum absolute atomic E-state index is 0.0485. The van der Waals surface area contributed by atoms with E-state index in [1.165, 1.54) is 0 Å². The van der Waals surface area contributed by atoms with Gasteiger partial charge in [0.1, 0.15) is 12.4 Å². The van der Waals surface area contributed by atoms with E-state index in [2.05, 4.69) is 33.9 Å². The fraction of sp³-hybridized carbons (Fsp3) is 0.696. The Kier molecular flexibility index (Phi) is 8.50. The van der Waals surface area contributed by atoms with Gasteiger partial charge in [-0.15, -0.1) is 0 Å². The number of carboxylic acids is 1. The second-order valence-electron chi connectivity index (χ2n) is 10.00. The Morgan fingerprint density at radius 3 is 2.30 bits per heavy atom. The van der Waals surface area contributed by atoms with Crippen LogP contribution >= 0.6 is 0 Å². The molecule has 0 aliphatic heterocycles. The summed E-state index contributed by atoms with van der Waals surface area (Å²) >= 11 is 0. The fourth-order valence-corrected chi connectivity index (χ4v) is 5.29. The number of aliphatic hydroxyl groups excluding tert-OH is 2. The first kappa shape index (κ1) is 24.9. The zero-order valence-electron chi connectivity index (χ0n) is 18.9. The first-order chi connectivity index (χ1) is 13.9. The average Bonchev–Trinajstić information content (AvgIpc) is 2.89. The molecule has 170 valence electrons. The van der Waals surface area contributed by atoms with E-state index < -0.39 is 32.4 Å². The lowest BCUT2D eigenvalue weighted by molar-refractivity contribution is -0.139. The summed E-state index contributed by atoms with van der Waals surface area (Å²) in [5.74, 6) is -0.847. The summed E-state index contributed by atoms with van der Waals surface area (Å²) in [6.07, 6.45) is -0.290. The minimum atomic E-state index is -2.04. The predicted molar refractivity (Wildman–Crippen MR) is 119 cm³/mol. The third kappa shape index (κ3) is 6.80. The van der Waals surface area contributed by atoms with Crippen LogP contribution in [0.25, 0.3) is 0 Å². The van der Waals surface area contributed by atoms with Crippen molar-refractivity contribution < 1.29 is 29.3 Å². The Morgan fingerprint density at radius 1 is 1.13 bits per heavy atom. The molecule has 0 bridgehead atoms. The number of para-hydroxylation sites is 1. The zero-order valence-corrected chi connectivity index (χ0v) is 19.9. The second-order valence-corrected chi connectivity index (χ2v) is 14.8. The van der Waals surface area contributed by atoms with Crippen molar-refractivity contribution in [2.24, 2.45) is 11.8 Å². The highest BCUT2D eigenvalue weighted by Gasteiger charge is 2.43. The predicted octanol–water partition coefficient (Wildman–Crippen LogP) is 4.07. The van der Waals surface area contributed by atoms with E-state index in [9.17, 15) is 20.1 Å². The van der Waals surface area contributed by atoms with Crippen LogP contribution in [0.5, 0.6) is 5.75 Å². The van der Waals surface area contributed by atoms with Gasteiger partial charge in [0.2, 0.25) is 0 Å². The smallest absolute Gasteiger partial charge is 0.303 e. The number of ether oxygens (including phenoxy) is 1. The van der Waals surface area contributed by atoms with Crippen LogP contribution in [0.3, 0.4) is 0 Å². The molecule has 30 heavy (non-hydrogen) atoms. The molecule has 1 aromatic carbocycles. The largest absolute Gasteiger partial charge is 0.491 e. The topological polar surface area (TPSA) is 96.2 Å². The quantitative estimate of drug-likeness (QED) is 0.477. The molecule has 1 fully saturated rings. The van der Waals surface area contributed by atoms with Crippen molar-refractivity contribution in [1.82, 2.24) is 0 Å². The first-order valence-corrected chi connectivity index (χ1v) is 13.7. The highest BCUT2D eigenvalue weighted by Crippen LogP contribution is 2.40. The number of rotatable bonds is 10. The van der Waals surface area contributed by atoms with E-state index in [-0.39, 0.29) is 29.9 Å². The molecule has 0 radical (unpaired) electrons. The third-order valence-corrected chi connectivity index (χ3v) is 11.2. The molecule has 1 aromatic rings. The van der Waals surface area contributed by atoms with Crippen molar-refractivity contribution >= 4 is 14.3 Å². The lowest BCUT2D eigenvalue weighted by Gasteiger charge is -2.39. The second kappa shape index (κ2) is 10.3. The maximum Gasteiger partial charge on any atom is 0.303 e. The maximum atomic E-state index is 11.2. The average molecular weight is 439 g/mol. The van der Waals surface area contributed by atoms with Crippen molar-refractivity contribution in [1.29, 1.82) is 0 Å². The lowest BCUT2D eigenvalue weighted by Crippen LogP contribution is -2.45. The number of carboxylic acid groups (broad SMARTS) is 1. The van der Waals surface area contributed by atoms with E-state index in [0.29, 0.717) is 19.4 Å². The van der Waals surface area contributed by atoms with Crippen molar-refractivity contribution in [3.8, 4) is 5.75 Å². The lowest BCUT2D eigenvalue weighted by atomic mass is 9.86. The third-order valence-electron chi connectivity index (χ3n) is 6.70. The first-order valence-electron chi connectivity index (χ1n) is 10.8. The SMILES string of the molecule is CC(C)(C)[Si](C)(C)OC(CC[C@@H]1[C@@H](CC(=O)O)[C@@H](O)C[C@H]1O)COc1ccccc1. The Hall–Kier alpha value is -1.41. The Balaban J connectivity index is 2.08. The van der Waals surface area contributed by atoms with Crippen LogP contribution in [0.15, 0.2) is 30.3 Å². The summed E-state index contributed by atoms with van der Waals surface area (Å²) in [6, 6.07) is 9.59. The van der Waals surface area contributed by atoms with E-state index in [4.69, 9.17) is 9.16 Å². The molecule has 2 rings (SSSR count). The van der Waals surface area contributed by atoms with E-state index in [1.54, 1.807) is 0 Å². The van der Waals surface area contributed by atoms with Crippen molar-refractivity contribution in [3.05, 3.63) is 30.3 Å². The van der Waals surface area contributed by atoms with Crippen LogP contribution in [0, 0.1) is 11.8 Å². The molecule has 0 heterocycles. The normalized spacial score (nSPS) is 25.8. The van der Waals surface area contributed by atoms with Gasteiger partial charge in [-0.25, -0.2) is 0 Å². The minimum Gasteiger partial charge on any atom is -0.491 e. The van der Waals surface area contributed by atoms with E-state index in [0.717, 1.165) is 5.75 Å². The fourth-order valence-electron chi connectivity index (χ4n) is 3.92. The molecule has 0 spiro atoms. The van der Waals surface area contributed by atoms with Gasteiger partial charge in [-0.1, -0.05) is 39.0 Å². The van der Waals surface area contributed by atoms with Gasteiger partial charge in [-0.2, -0.15) is 0 Å².